The van der Waals surface area contributed by atoms with E-state index in [-0.39, 0.29) is 10.6 Å². The van der Waals surface area contributed by atoms with Gasteiger partial charge in [0.05, 0.1) is 4.92 Å². The third kappa shape index (κ3) is 3.28. The number of hydrogen-bond donors (Lipinski definition) is 1. The minimum Gasteiger partial charge on any atom is -0.382 e. The molecule has 0 aromatic heterocycles. The lowest BCUT2D eigenvalue weighted by Crippen LogP contribution is -2.33. The molecule has 1 aromatic rings. The van der Waals surface area contributed by atoms with Crippen molar-refractivity contribution in [2.45, 2.75) is 44.7 Å². The first-order valence-electron chi connectivity index (χ1n) is 7.27. The minimum atomic E-state index is -0.323. The molecule has 20 heavy (non-hydrogen) atoms. The molecule has 0 radical (unpaired) electrons. The zero-order chi connectivity index (χ0) is 14.5. The van der Waals surface area contributed by atoms with Crippen LogP contribution in [0.15, 0.2) is 18.2 Å². The normalized spacial score (nSPS) is 16.4. The minimum absolute atomic E-state index is 0.155. The number of rotatable bonds is 5. The summed E-state index contributed by atoms with van der Waals surface area (Å²) >= 11 is 0. The molecule has 5 heteroatoms. The second-order valence-electron chi connectivity index (χ2n) is 5.53. The quantitative estimate of drug-likeness (QED) is 0.662. The summed E-state index contributed by atoms with van der Waals surface area (Å²) in [6.07, 6.45) is 6.40. The summed E-state index contributed by atoms with van der Waals surface area (Å²) in [6, 6.07) is 5.89. The van der Waals surface area contributed by atoms with Gasteiger partial charge < -0.3 is 5.32 Å². The van der Waals surface area contributed by atoms with Gasteiger partial charge in [0.2, 0.25) is 0 Å². The fourth-order valence-corrected chi connectivity index (χ4v) is 3.08. The number of anilines is 1. The molecule has 0 heterocycles. The van der Waals surface area contributed by atoms with Crippen LogP contribution in [0.3, 0.4) is 0 Å². The molecule has 2 rings (SSSR count). The Morgan fingerprint density at radius 2 is 2.05 bits per heavy atom. The molecule has 0 aliphatic heterocycles. The molecule has 5 nitrogen and oxygen atoms in total. The predicted molar refractivity (Wildman–Crippen MR) is 81.0 cm³/mol. The van der Waals surface area contributed by atoms with E-state index in [0.29, 0.717) is 11.7 Å². The fourth-order valence-electron chi connectivity index (χ4n) is 3.08. The van der Waals surface area contributed by atoms with Gasteiger partial charge in [0.25, 0.3) is 5.69 Å². The molecule has 1 saturated carbocycles. The Kier molecular flexibility index (Phi) is 4.95. The molecule has 0 bridgehead atoms. The Bertz CT molecular complexity index is 470. The van der Waals surface area contributed by atoms with Crippen LogP contribution in [-0.2, 0) is 6.54 Å². The molecule has 0 atom stereocenters. The van der Waals surface area contributed by atoms with Gasteiger partial charge in [-0.1, -0.05) is 31.4 Å². The van der Waals surface area contributed by atoms with Crippen LogP contribution in [0.1, 0.15) is 37.7 Å². The fraction of sp³-hybridized carbons (Fsp3) is 0.600. The van der Waals surface area contributed by atoms with Gasteiger partial charge in [-0.15, -0.1) is 0 Å². The van der Waals surface area contributed by atoms with Gasteiger partial charge in [-0.25, -0.2) is 0 Å². The number of para-hydroxylation sites is 1. The van der Waals surface area contributed by atoms with Gasteiger partial charge in [0.1, 0.15) is 5.69 Å². The molecular weight excluding hydrogens is 254 g/mol. The van der Waals surface area contributed by atoms with Crippen molar-refractivity contribution in [3.05, 3.63) is 33.9 Å². The van der Waals surface area contributed by atoms with Crippen molar-refractivity contribution in [3.63, 3.8) is 0 Å². The van der Waals surface area contributed by atoms with E-state index in [4.69, 9.17) is 0 Å². The van der Waals surface area contributed by atoms with Gasteiger partial charge in [-0.05, 0) is 25.5 Å². The maximum atomic E-state index is 11.1. The molecule has 1 N–H and O–H groups in total. The molecule has 1 fully saturated rings. The van der Waals surface area contributed by atoms with E-state index in [2.05, 4.69) is 17.3 Å². The first-order chi connectivity index (χ1) is 9.63. The second-order valence-corrected chi connectivity index (χ2v) is 5.53. The summed E-state index contributed by atoms with van der Waals surface area (Å²) in [5.74, 6) is 0. The van der Waals surface area contributed by atoms with Crippen molar-refractivity contribution < 1.29 is 4.92 Å². The van der Waals surface area contributed by atoms with Crippen LogP contribution < -0.4 is 5.32 Å². The molecule has 1 aliphatic carbocycles. The van der Waals surface area contributed by atoms with Gasteiger partial charge in [-0.3, -0.25) is 15.0 Å². The summed E-state index contributed by atoms with van der Waals surface area (Å²) in [5.41, 5.74) is 1.79. The molecule has 110 valence electrons. The van der Waals surface area contributed by atoms with Crippen molar-refractivity contribution in [2.24, 2.45) is 0 Å². The lowest BCUT2D eigenvalue weighted by atomic mass is 9.94. The monoisotopic (exact) mass is 277 g/mol. The summed E-state index contributed by atoms with van der Waals surface area (Å²) in [4.78, 5) is 13.1. The molecule has 0 unspecified atom stereocenters. The number of nitro groups is 1. The van der Waals surface area contributed by atoms with Crippen molar-refractivity contribution in [2.75, 3.05) is 19.4 Å². The number of nitro benzene ring substituents is 1. The van der Waals surface area contributed by atoms with Crippen LogP contribution in [0.2, 0.25) is 0 Å². The maximum Gasteiger partial charge on any atom is 0.292 e. The van der Waals surface area contributed by atoms with E-state index in [9.17, 15) is 10.1 Å². The van der Waals surface area contributed by atoms with E-state index in [1.54, 1.807) is 19.2 Å². The smallest absolute Gasteiger partial charge is 0.292 e. The van der Waals surface area contributed by atoms with Gasteiger partial charge in [0.15, 0.2) is 0 Å². The predicted octanol–water partition coefficient (Wildman–Crippen LogP) is 3.40. The number of nitrogens with one attached hydrogen (secondary N) is 1. The van der Waals surface area contributed by atoms with Gasteiger partial charge >= 0.3 is 0 Å². The average molecular weight is 277 g/mol. The summed E-state index contributed by atoms with van der Waals surface area (Å²) in [7, 11) is 3.86. The average Bonchev–Trinajstić information content (AvgIpc) is 2.47. The highest BCUT2D eigenvalue weighted by molar-refractivity contribution is 5.66. The standard InChI is InChI=1S/C15H23N3O2/c1-16-15-12(7-6-10-14(15)18(19)20)11-17(2)13-8-4-3-5-9-13/h6-7,10,13,16H,3-5,8-9,11H2,1-2H3. The van der Waals surface area contributed by atoms with Crippen LogP contribution in [0.25, 0.3) is 0 Å². The first-order valence-corrected chi connectivity index (χ1v) is 7.27. The topological polar surface area (TPSA) is 58.4 Å². The van der Waals surface area contributed by atoms with E-state index in [1.807, 2.05) is 6.07 Å². The summed E-state index contributed by atoms with van der Waals surface area (Å²) in [5, 5.41) is 14.1. The lowest BCUT2D eigenvalue weighted by Gasteiger charge is -2.31. The Morgan fingerprint density at radius 3 is 2.65 bits per heavy atom. The molecular formula is C15H23N3O2. The third-order valence-corrected chi connectivity index (χ3v) is 4.19. The van der Waals surface area contributed by atoms with Crippen LogP contribution in [-0.4, -0.2) is 30.0 Å². The number of hydrogen-bond acceptors (Lipinski definition) is 4. The molecule has 0 spiro atoms. The van der Waals surface area contributed by atoms with E-state index < -0.39 is 0 Å². The van der Waals surface area contributed by atoms with Crippen LogP contribution >= 0.6 is 0 Å². The maximum absolute atomic E-state index is 11.1. The Labute approximate surface area is 120 Å². The number of benzene rings is 1. The van der Waals surface area contributed by atoms with Crippen molar-refractivity contribution >= 4 is 11.4 Å². The van der Waals surface area contributed by atoms with E-state index in [1.165, 1.54) is 32.1 Å². The van der Waals surface area contributed by atoms with Crippen molar-refractivity contribution in [3.8, 4) is 0 Å². The van der Waals surface area contributed by atoms with E-state index in [0.717, 1.165) is 12.1 Å². The highest BCUT2D eigenvalue weighted by atomic mass is 16.6. The summed E-state index contributed by atoms with van der Waals surface area (Å²) < 4.78 is 0. The van der Waals surface area contributed by atoms with Crippen molar-refractivity contribution in [1.29, 1.82) is 0 Å². The highest BCUT2D eigenvalue weighted by Gasteiger charge is 2.21. The lowest BCUT2D eigenvalue weighted by molar-refractivity contribution is -0.384. The zero-order valence-electron chi connectivity index (χ0n) is 12.3. The SMILES string of the molecule is CNc1c(CN(C)C2CCCCC2)cccc1[N+](=O)[O-]. The third-order valence-electron chi connectivity index (χ3n) is 4.19. The van der Waals surface area contributed by atoms with Crippen LogP contribution in [0.4, 0.5) is 11.4 Å². The second kappa shape index (κ2) is 6.70. The van der Waals surface area contributed by atoms with E-state index >= 15 is 0 Å². The highest BCUT2D eigenvalue weighted by Crippen LogP contribution is 2.30. The molecule has 1 aromatic carbocycles. The van der Waals surface area contributed by atoms with Gasteiger partial charge in [-0.2, -0.15) is 0 Å². The Balaban J connectivity index is 2.15. The van der Waals surface area contributed by atoms with Crippen molar-refractivity contribution in [1.82, 2.24) is 4.90 Å². The first kappa shape index (κ1) is 14.8. The molecule has 1 aliphatic rings. The Hall–Kier alpha value is -1.62. The van der Waals surface area contributed by atoms with Crippen LogP contribution in [0, 0.1) is 10.1 Å². The van der Waals surface area contributed by atoms with Gasteiger partial charge in [0, 0.05) is 25.7 Å². The summed E-state index contributed by atoms with van der Waals surface area (Å²) in [6.45, 7) is 0.752. The number of nitrogens with zero attached hydrogens (tertiary/aromatic N) is 2. The molecule has 0 saturated heterocycles. The van der Waals surface area contributed by atoms with Crippen LogP contribution in [0.5, 0.6) is 0 Å². The Morgan fingerprint density at radius 1 is 1.35 bits per heavy atom. The molecule has 0 amide bonds. The largest absolute Gasteiger partial charge is 0.382 e. The zero-order valence-corrected chi connectivity index (χ0v) is 12.3.